The van der Waals surface area contributed by atoms with Crippen LogP contribution in [-0.2, 0) is 11.4 Å². The molecule has 14 heavy (non-hydrogen) atoms. The minimum Gasteiger partial charge on any atom is -0.390 e. The van der Waals surface area contributed by atoms with E-state index in [4.69, 9.17) is 5.11 Å². The third kappa shape index (κ3) is 2.81. The number of nitrogens with one attached hydrogen (secondary N) is 1. The van der Waals surface area contributed by atoms with E-state index >= 15 is 0 Å². The molecule has 1 aromatic heterocycles. The van der Waals surface area contributed by atoms with Gasteiger partial charge in [-0.05, 0) is 12.1 Å². The molecule has 0 atom stereocenters. The number of hydrogen-bond donors (Lipinski definition) is 2. The predicted molar refractivity (Wildman–Crippen MR) is 53.6 cm³/mol. The van der Waals surface area contributed by atoms with E-state index in [0.29, 0.717) is 11.5 Å². The first-order valence-corrected chi connectivity index (χ1v) is 4.51. The molecular weight excluding hydrogens is 180 g/mol. The van der Waals surface area contributed by atoms with Gasteiger partial charge in [-0.3, -0.25) is 4.79 Å². The second-order valence-corrected chi connectivity index (χ2v) is 3.32. The highest BCUT2D eigenvalue weighted by Crippen LogP contribution is 2.06. The fourth-order valence-corrected chi connectivity index (χ4v) is 0.908. The molecule has 4 heteroatoms. The molecule has 0 saturated carbocycles. The number of aliphatic hydroxyl groups excluding tert-OH is 1. The molecule has 0 aliphatic rings. The molecule has 0 aliphatic heterocycles. The van der Waals surface area contributed by atoms with Crippen LogP contribution < -0.4 is 5.32 Å². The lowest BCUT2D eigenvalue weighted by molar-refractivity contribution is -0.118. The van der Waals surface area contributed by atoms with Crippen molar-refractivity contribution in [2.24, 2.45) is 5.92 Å². The van der Waals surface area contributed by atoms with Crippen molar-refractivity contribution in [3.63, 3.8) is 0 Å². The van der Waals surface area contributed by atoms with Crippen LogP contribution in [0.4, 0.5) is 5.82 Å². The minimum atomic E-state index is -0.120. The van der Waals surface area contributed by atoms with E-state index in [-0.39, 0.29) is 18.4 Å². The smallest absolute Gasteiger partial charge is 0.228 e. The van der Waals surface area contributed by atoms with Gasteiger partial charge in [0.05, 0.1) is 12.3 Å². The van der Waals surface area contributed by atoms with Crippen molar-refractivity contribution in [3.05, 3.63) is 23.9 Å². The Labute approximate surface area is 83.0 Å². The van der Waals surface area contributed by atoms with Crippen LogP contribution in [0.15, 0.2) is 18.2 Å². The topological polar surface area (TPSA) is 62.2 Å². The Morgan fingerprint density at radius 3 is 2.86 bits per heavy atom. The van der Waals surface area contributed by atoms with Gasteiger partial charge < -0.3 is 10.4 Å². The van der Waals surface area contributed by atoms with E-state index in [0.717, 1.165) is 0 Å². The number of aromatic nitrogens is 1. The van der Waals surface area contributed by atoms with Gasteiger partial charge >= 0.3 is 0 Å². The number of rotatable bonds is 3. The monoisotopic (exact) mass is 194 g/mol. The van der Waals surface area contributed by atoms with Crippen molar-refractivity contribution >= 4 is 11.7 Å². The Morgan fingerprint density at radius 1 is 1.57 bits per heavy atom. The zero-order valence-corrected chi connectivity index (χ0v) is 8.32. The molecule has 0 aliphatic carbocycles. The SMILES string of the molecule is CC(C)C(=O)Nc1cccc(CO)n1. The lowest BCUT2D eigenvalue weighted by Gasteiger charge is -2.07. The molecule has 0 unspecified atom stereocenters. The first-order valence-electron chi connectivity index (χ1n) is 4.51. The average Bonchev–Trinajstić information content (AvgIpc) is 2.18. The van der Waals surface area contributed by atoms with E-state index in [1.54, 1.807) is 18.2 Å². The standard InChI is InChI=1S/C10H14N2O2/c1-7(2)10(14)12-9-5-3-4-8(6-13)11-9/h3-5,7,13H,6H2,1-2H3,(H,11,12,14). The minimum absolute atomic E-state index is 0.0745. The summed E-state index contributed by atoms with van der Waals surface area (Å²) in [5.41, 5.74) is 0.548. The van der Waals surface area contributed by atoms with Crippen LogP contribution in [0, 0.1) is 5.92 Å². The largest absolute Gasteiger partial charge is 0.390 e. The third-order valence-corrected chi connectivity index (χ3v) is 1.74. The van der Waals surface area contributed by atoms with Crippen molar-refractivity contribution < 1.29 is 9.90 Å². The van der Waals surface area contributed by atoms with Crippen LogP contribution in [0.1, 0.15) is 19.5 Å². The molecule has 1 aromatic rings. The molecule has 0 spiro atoms. The van der Waals surface area contributed by atoms with Crippen LogP contribution in [0.25, 0.3) is 0 Å². The van der Waals surface area contributed by atoms with E-state index in [2.05, 4.69) is 10.3 Å². The molecular formula is C10H14N2O2. The Kier molecular flexibility index (Phi) is 3.59. The van der Waals surface area contributed by atoms with Crippen LogP contribution in [0.3, 0.4) is 0 Å². The molecule has 2 N–H and O–H groups in total. The van der Waals surface area contributed by atoms with Gasteiger partial charge in [0.25, 0.3) is 0 Å². The van der Waals surface area contributed by atoms with Crippen LogP contribution in [-0.4, -0.2) is 16.0 Å². The summed E-state index contributed by atoms with van der Waals surface area (Å²) in [5, 5.41) is 11.5. The van der Waals surface area contributed by atoms with Crippen molar-refractivity contribution in [2.75, 3.05) is 5.32 Å². The van der Waals surface area contributed by atoms with Crippen molar-refractivity contribution in [1.29, 1.82) is 0 Å². The fourth-order valence-electron chi connectivity index (χ4n) is 0.908. The van der Waals surface area contributed by atoms with Gasteiger partial charge in [0.2, 0.25) is 5.91 Å². The van der Waals surface area contributed by atoms with Crippen LogP contribution in [0.2, 0.25) is 0 Å². The van der Waals surface area contributed by atoms with E-state index in [1.807, 2.05) is 13.8 Å². The molecule has 0 saturated heterocycles. The van der Waals surface area contributed by atoms with Gasteiger partial charge in [0, 0.05) is 5.92 Å². The number of pyridine rings is 1. The zero-order chi connectivity index (χ0) is 10.6. The van der Waals surface area contributed by atoms with Crippen LogP contribution in [0.5, 0.6) is 0 Å². The molecule has 0 fully saturated rings. The highest BCUT2D eigenvalue weighted by Gasteiger charge is 2.07. The zero-order valence-electron chi connectivity index (χ0n) is 8.32. The number of aliphatic hydroxyl groups is 1. The highest BCUT2D eigenvalue weighted by atomic mass is 16.3. The number of amides is 1. The van der Waals surface area contributed by atoms with Crippen molar-refractivity contribution in [2.45, 2.75) is 20.5 Å². The van der Waals surface area contributed by atoms with Crippen molar-refractivity contribution in [3.8, 4) is 0 Å². The average molecular weight is 194 g/mol. The normalized spacial score (nSPS) is 10.3. The summed E-state index contributed by atoms with van der Waals surface area (Å²) in [6.45, 7) is 3.50. The summed E-state index contributed by atoms with van der Waals surface area (Å²) >= 11 is 0. The van der Waals surface area contributed by atoms with Gasteiger partial charge in [0.1, 0.15) is 5.82 Å². The molecule has 0 bridgehead atoms. The molecule has 1 amide bonds. The highest BCUT2D eigenvalue weighted by molar-refractivity contribution is 5.91. The number of anilines is 1. The second kappa shape index (κ2) is 4.72. The second-order valence-electron chi connectivity index (χ2n) is 3.32. The molecule has 1 rings (SSSR count). The summed E-state index contributed by atoms with van der Waals surface area (Å²) in [5.74, 6) is 0.331. The third-order valence-electron chi connectivity index (χ3n) is 1.74. The maximum absolute atomic E-state index is 11.3. The van der Waals surface area contributed by atoms with Crippen LogP contribution >= 0.6 is 0 Å². The Morgan fingerprint density at radius 2 is 2.29 bits per heavy atom. The Bertz CT molecular complexity index is 324. The van der Waals surface area contributed by atoms with E-state index in [9.17, 15) is 4.79 Å². The molecule has 4 nitrogen and oxygen atoms in total. The fraction of sp³-hybridized carbons (Fsp3) is 0.400. The number of carbonyl (C=O) groups is 1. The summed E-state index contributed by atoms with van der Waals surface area (Å²) in [7, 11) is 0. The lowest BCUT2D eigenvalue weighted by Crippen LogP contribution is -2.18. The number of nitrogens with zero attached hydrogens (tertiary/aromatic N) is 1. The van der Waals surface area contributed by atoms with E-state index in [1.165, 1.54) is 0 Å². The predicted octanol–water partition coefficient (Wildman–Crippen LogP) is 1.17. The van der Waals surface area contributed by atoms with E-state index < -0.39 is 0 Å². The molecule has 0 radical (unpaired) electrons. The first kappa shape index (κ1) is 10.7. The molecule has 1 heterocycles. The summed E-state index contributed by atoms with van der Waals surface area (Å²) in [6, 6.07) is 5.14. The van der Waals surface area contributed by atoms with Gasteiger partial charge in [-0.2, -0.15) is 0 Å². The summed E-state index contributed by atoms with van der Waals surface area (Å²) in [4.78, 5) is 15.3. The van der Waals surface area contributed by atoms with Gasteiger partial charge in [-0.1, -0.05) is 19.9 Å². The quantitative estimate of drug-likeness (QED) is 0.759. The lowest BCUT2D eigenvalue weighted by atomic mass is 10.2. The van der Waals surface area contributed by atoms with Crippen molar-refractivity contribution in [1.82, 2.24) is 4.98 Å². The van der Waals surface area contributed by atoms with Gasteiger partial charge in [0.15, 0.2) is 0 Å². The summed E-state index contributed by atoms with van der Waals surface area (Å²) < 4.78 is 0. The van der Waals surface area contributed by atoms with Gasteiger partial charge in [-0.15, -0.1) is 0 Å². The molecule has 0 aromatic carbocycles. The Balaban J connectivity index is 2.72. The Hall–Kier alpha value is -1.42. The number of carbonyl (C=O) groups excluding carboxylic acids is 1. The first-order chi connectivity index (χ1) is 6.63. The molecule has 76 valence electrons. The number of hydrogen-bond acceptors (Lipinski definition) is 3. The maximum Gasteiger partial charge on any atom is 0.228 e. The summed E-state index contributed by atoms with van der Waals surface area (Å²) in [6.07, 6.45) is 0. The maximum atomic E-state index is 11.3. The van der Waals surface area contributed by atoms with Gasteiger partial charge in [-0.25, -0.2) is 4.98 Å².